The van der Waals surface area contributed by atoms with Gasteiger partial charge in [0.1, 0.15) is 11.6 Å². The number of rotatable bonds is 5. The summed E-state index contributed by atoms with van der Waals surface area (Å²) in [5.41, 5.74) is 5.72. The summed E-state index contributed by atoms with van der Waals surface area (Å²) in [5.74, 6) is -1.27. The number of primary amides is 1. The molecule has 6 nitrogen and oxygen atoms in total. The first-order valence-corrected chi connectivity index (χ1v) is 9.44. The minimum atomic E-state index is -0.826. The van der Waals surface area contributed by atoms with Crippen molar-refractivity contribution in [3.63, 3.8) is 0 Å². The SMILES string of the molecule is NC(=O)CC(c1cccc(F)c1)n1c(N2CCCC2)nc2cc(F)ccc2c1=O. The highest BCUT2D eigenvalue weighted by molar-refractivity contribution is 5.79. The first kappa shape index (κ1) is 19.0. The molecule has 4 rings (SSSR count). The highest BCUT2D eigenvalue weighted by Gasteiger charge is 2.27. The molecule has 1 atom stereocenters. The van der Waals surface area contributed by atoms with Gasteiger partial charge in [0, 0.05) is 19.2 Å². The van der Waals surface area contributed by atoms with Gasteiger partial charge in [-0.3, -0.25) is 14.2 Å². The van der Waals surface area contributed by atoms with Gasteiger partial charge in [-0.05, 0) is 42.7 Å². The van der Waals surface area contributed by atoms with E-state index in [4.69, 9.17) is 5.73 Å². The van der Waals surface area contributed by atoms with Crippen molar-refractivity contribution in [3.8, 4) is 0 Å². The fourth-order valence-electron chi connectivity index (χ4n) is 3.84. The Kier molecular flexibility index (Phi) is 5.00. The molecule has 1 aliphatic heterocycles. The van der Waals surface area contributed by atoms with E-state index in [1.165, 1.54) is 41.0 Å². The molecule has 0 radical (unpaired) electrons. The summed E-state index contributed by atoms with van der Waals surface area (Å²) < 4.78 is 29.1. The van der Waals surface area contributed by atoms with Crippen LogP contribution >= 0.6 is 0 Å². The second-order valence-electron chi connectivity index (χ2n) is 7.18. The highest BCUT2D eigenvalue weighted by Crippen LogP contribution is 2.29. The molecule has 0 aliphatic carbocycles. The van der Waals surface area contributed by atoms with Crippen LogP contribution in [-0.2, 0) is 4.79 Å². The van der Waals surface area contributed by atoms with Crippen molar-refractivity contribution in [1.29, 1.82) is 0 Å². The molecule has 1 aliphatic rings. The van der Waals surface area contributed by atoms with Gasteiger partial charge in [-0.1, -0.05) is 12.1 Å². The van der Waals surface area contributed by atoms with Gasteiger partial charge in [0.25, 0.3) is 5.56 Å². The molecule has 8 heteroatoms. The van der Waals surface area contributed by atoms with Crippen molar-refractivity contribution in [2.45, 2.75) is 25.3 Å². The lowest BCUT2D eigenvalue weighted by Crippen LogP contribution is -2.35. The van der Waals surface area contributed by atoms with Crippen molar-refractivity contribution in [2.24, 2.45) is 5.73 Å². The summed E-state index contributed by atoms with van der Waals surface area (Å²) >= 11 is 0. The van der Waals surface area contributed by atoms with Gasteiger partial charge in [0.15, 0.2) is 0 Å². The van der Waals surface area contributed by atoms with Gasteiger partial charge in [-0.2, -0.15) is 0 Å². The summed E-state index contributed by atoms with van der Waals surface area (Å²) in [5, 5.41) is 0.222. The molecule has 1 saturated heterocycles. The lowest BCUT2D eigenvalue weighted by molar-refractivity contribution is -0.118. The third-order valence-electron chi connectivity index (χ3n) is 5.17. The number of hydrogen-bond acceptors (Lipinski definition) is 4. The third kappa shape index (κ3) is 3.70. The molecule has 0 bridgehead atoms. The average molecular weight is 398 g/mol. The minimum Gasteiger partial charge on any atom is -0.370 e. The van der Waals surface area contributed by atoms with Crippen LogP contribution in [0.4, 0.5) is 14.7 Å². The third-order valence-corrected chi connectivity index (χ3v) is 5.17. The highest BCUT2D eigenvalue weighted by atomic mass is 19.1. The van der Waals surface area contributed by atoms with Crippen molar-refractivity contribution in [1.82, 2.24) is 9.55 Å². The summed E-state index contributed by atoms with van der Waals surface area (Å²) in [6.07, 6.45) is 1.66. The van der Waals surface area contributed by atoms with Gasteiger partial charge in [0.2, 0.25) is 11.9 Å². The van der Waals surface area contributed by atoms with E-state index in [0.29, 0.717) is 24.6 Å². The molecule has 2 heterocycles. The fraction of sp³-hybridized carbons (Fsp3) is 0.286. The summed E-state index contributed by atoms with van der Waals surface area (Å²) in [7, 11) is 0. The van der Waals surface area contributed by atoms with E-state index in [-0.39, 0.29) is 17.3 Å². The number of amides is 1. The first-order valence-electron chi connectivity index (χ1n) is 9.44. The van der Waals surface area contributed by atoms with E-state index in [0.717, 1.165) is 12.8 Å². The van der Waals surface area contributed by atoms with Crippen molar-refractivity contribution < 1.29 is 13.6 Å². The van der Waals surface area contributed by atoms with Crippen LogP contribution in [0.3, 0.4) is 0 Å². The number of carbonyl (C=O) groups is 1. The Morgan fingerprint density at radius 2 is 1.83 bits per heavy atom. The fourth-order valence-corrected chi connectivity index (χ4v) is 3.84. The van der Waals surface area contributed by atoms with Crippen LogP contribution in [-0.4, -0.2) is 28.5 Å². The second-order valence-corrected chi connectivity index (χ2v) is 7.18. The van der Waals surface area contributed by atoms with E-state index in [1.807, 2.05) is 4.90 Å². The molecular formula is C21H20F2N4O2. The molecule has 1 fully saturated rings. The number of nitrogens with zero attached hydrogens (tertiary/aromatic N) is 3. The predicted octanol–water partition coefficient (Wildman–Crippen LogP) is 2.74. The normalized spacial score (nSPS) is 15.0. The van der Waals surface area contributed by atoms with E-state index >= 15 is 0 Å². The Labute approximate surface area is 165 Å². The van der Waals surface area contributed by atoms with Crippen LogP contribution < -0.4 is 16.2 Å². The lowest BCUT2D eigenvalue weighted by atomic mass is 10.0. The van der Waals surface area contributed by atoms with Crippen LogP contribution in [0.2, 0.25) is 0 Å². The average Bonchev–Trinajstić information content (AvgIpc) is 3.20. The Hall–Kier alpha value is -3.29. The van der Waals surface area contributed by atoms with Crippen LogP contribution in [0.15, 0.2) is 47.3 Å². The zero-order chi connectivity index (χ0) is 20.5. The van der Waals surface area contributed by atoms with E-state index in [9.17, 15) is 18.4 Å². The monoisotopic (exact) mass is 398 g/mol. The van der Waals surface area contributed by atoms with Crippen molar-refractivity contribution >= 4 is 22.8 Å². The molecule has 3 aromatic rings. The minimum absolute atomic E-state index is 0.196. The maximum Gasteiger partial charge on any atom is 0.263 e. The number of halogens is 2. The van der Waals surface area contributed by atoms with Crippen molar-refractivity contribution in [3.05, 3.63) is 70.0 Å². The molecule has 29 heavy (non-hydrogen) atoms. The van der Waals surface area contributed by atoms with Crippen molar-refractivity contribution in [2.75, 3.05) is 18.0 Å². The number of aromatic nitrogens is 2. The number of anilines is 1. The van der Waals surface area contributed by atoms with E-state index in [2.05, 4.69) is 4.98 Å². The molecule has 0 saturated carbocycles. The van der Waals surface area contributed by atoms with Gasteiger partial charge in [-0.15, -0.1) is 0 Å². The first-order chi connectivity index (χ1) is 13.9. The number of carbonyl (C=O) groups excluding carboxylic acids is 1. The lowest BCUT2D eigenvalue weighted by Gasteiger charge is -2.27. The Morgan fingerprint density at radius 1 is 1.10 bits per heavy atom. The molecule has 150 valence electrons. The molecule has 1 amide bonds. The largest absolute Gasteiger partial charge is 0.370 e. The maximum atomic E-state index is 13.9. The number of hydrogen-bond donors (Lipinski definition) is 1. The van der Waals surface area contributed by atoms with Gasteiger partial charge >= 0.3 is 0 Å². The Balaban J connectivity index is 2.01. The molecule has 2 aromatic carbocycles. The van der Waals surface area contributed by atoms with Gasteiger partial charge in [0.05, 0.1) is 23.4 Å². The van der Waals surface area contributed by atoms with E-state index < -0.39 is 29.1 Å². The molecule has 1 unspecified atom stereocenters. The molecule has 1 aromatic heterocycles. The molecule has 0 spiro atoms. The number of nitrogens with two attached hydrogens (primary N) is 1. The Bertz CT molecular complexity index is 1140. The summed E-state index contributed by atoms with van der Waals surface area (Å²) in [4.78, 5) is 31.7. The molecule has 2 N–H and O–H groups in total. The standard InChI is InChI=1S/C21H20F2N4O2/c22-14-5-3-4-13(10-14)18(12-19(24)28)27-20(29)16-7-6-15(23)11-17(16)25-21(27)26-8-1-2-9-26/h3-7,10-11,18H,1-2,8-9,12H2,(H2,24,28). The zero-order valence-electron chi connectivity index (χ0n) is 15.6. The summed E-state index contributed by atoms with van der Waals surface area (Å²) in [6, 6.07) is 8.68. The predicted molar refractivity (Wildman–Crippen MR) is 106 cm³/mol. The van der Waals surface area contributed by atoms with Crippen LogP contribution in [0.5, 0.6) is 0 Å². The maximum absolute atomic E-state index is 13.9. The Morgan fingerprint density at radius 3 is 2.52 bits per heavy atom. The molecular weight excluding hydrogens is 378 g/mol. The van der Waals surface area contributed by atoms with Crippen LogP contribution in [0.1, 0.15) is 30.9 Å². The van der Waals surface area contributed by atoms with Gasteiger partial charge in [-0.25, -0.2) is 13.8 Å². The number of benzene rings is 2. The van der Waals surface area contributed by atoms with Crippen LogP contribution in [0.25, 0.3) is 10.9 Å². The van der Waals surface area contributed by atoms with Gasteiger partial charge < -0.3 is 10.6 Å². The van der Waals surface area contributed by atoms with E-state index in [1.54, 1.807) is 6.07 Å². The zero-order valence-corrected chi connectivity index (χ0v) is 15.6. The number of fused-ring (bicyclic) bond motifs is 1. The second kappa shape index (κ2) is 7.62. The summed E-state index contributed by atoms with van der Waals surface area (Å²) in [6.45, 7) is 1.36. The van der Waals surface area contributed by atoms with Crippen LogP contribution in [0, 0.1) is 11.6 Å². The topological polar surface area (TPSA) is 81.2 Å². The quantitative estimate of drug-likeness (QED) is 0.717. The smallest absolute Gasteiger partial charge is 0.263 e.